The zero-order valence-corrected chi connectivity index (χ0v) is 11.3. The Bertz CT molecular complexity index is 786. The van der Waals surface area contributed by atoms with Gasteiger partial charge in [0.15, 0.2) is 5.82 Å². The Morgan fingerprint density at radius 3 is 2.80 bits per heavy atom. The van der Waals surface area contributed by atoms with Gasteiger partial charge in [-0.1, -0.05) is 12.1 Å². The van der Waals surface area contributed by atoms with Gasteiger partial charge in [0.05, 0.1) is 5.52 Å². The maximum Gasteiger partial charge on any atom is 0.257 e. The highest BCUT2D eigenvalue weighted by molar-refractivity contribution is 6.12. The summed E-state index contributed by atoms with van der Waals surface area (Å²) in [6.45, 7) is 3.83. The number of hydrogen-bond acceptors (Lipinski definition) is 3. The van der Waals surface area contributed by atoms with Gasteiger partial charge in [-0.15, -0.1) is 0 Å². The molecule has 3 rings (SSSR count). The van der Waals surface area contributed by atoms with E-state index in [1.807, 2.05) is 38.1 Å². The minimum atomic E-state index is -0.182. The second-order valence-electron chi connectivity index (χ2n) is 4.65. The second kappa shape index (κ2) is 4.77. The number of hydrogen-bond donors (Lipinski definition) is 2. The third kappa shape index (κ3) is 2.03. The van der Waals surface area contributed by atoms with Crippen molar-refractivity contribution in [1.82, 2.24) is 15.2 Å². The van der Waals surface area contributed by atoms with Crippen molar-refractivity contribution in [2.45, 2.75) is 13.8 Å². The van der Waals surface area contributed by atoms with Gasteiger partial charge in [0.1, 0.15) is 0 Å². The lowest BCUT2D eigenvalue weighted by molar-refractivity contribution is 0.102. The van der Waals surface area contributed by atoms with Crippen molar-refractivity contribution in [3.8, 4) is 0 Å². The molecule has 0 aliphatic carbocycles. The average molecular weight is 266 g/mol. The van der Waals surface area contributed by atoms with Crippen LogP contribution in [0.1, 0.15) is 21.6 Å². The van der Waals surface area contributed by atoms with Crippen LogP contribution in [0.15, 0.2) is 36.5 Å². The molecule has 2 aromatic heterocycles. The largest absolute Gasteiger partial charge is 0.305 e. The van der Waals surface area contributed by atoms with Gasteiger partial charge in [-0.05, 0) is 32.0 Å². The van der Waals surface area contributed by atoms with E-state index < -0.39 is 0 Å². The van der Waals surface area contributed by atoms with Gasteiger partial charge in [0, 0.05) is 28.4 Å². The number of carbonyl (C=O) groups is 1. The van der Waals surface area contributed by atoms with Crippen molar-refractivity contribution < 1.29 is 4.79 Å². The molecule has 1 aromatic carbocycles. The predicted molar refractivity (Wildman–Crippen MR) is 77.8 cm³/mol. The van der Waals surface area contributed by atoms with Crippen LogP contribution in [-0.4, -0.2) is 21.1 Å². The first-order valence-electron chi connectivity index (χ1n) is 6.33. The number of carbonyl (C=O) groups excluding carboxylic acids is 1. The lowest BCUT2D eigenvalue weighted by Crippen LogP contribution is -2.13. The van der Waals surface area contributed by atoms with E-state index in [2.05, 4.69) is 20.5 Å². The van der Waals surface area contributed by atoms with Gasteiger partial charge >= 0.3 is 0 Å². The molecule has 0 bridgehead atoms. The Morgan fingerprint density at radius 2 is 2.05 bits per heavy atom. The molecule has 3 aromatic rings. The van der Waals surface area contributed by atoms with Gasteiger partial charge in [0.25, 0.3) is 5.91 Å². The molecule has 0 aliphatic rings. The Kier molecular flexibility index (Phi) is 2.95. The number of rotatable bonds is 2. The van der Waals surface area contributed by atoms with Crippen molar-refractivity contribution in [2.75, 3.05) is 5.32 Å². The second-order valence-corrected chi connectivity index (χ2v) is 4.65. The first kappa shape index (κ1) is 12.3. The first-order chi connectivity index (χ1) is 9.66. The first-order valence-corrected chi connectivity index (χ1v) is 6.33. The number of aromatic nitrogens is 3. The van der Waals surface area contributed by atoms with E-state index in [-0.39, 0.29) is 5.91 Å². The lowest BCUT2D eigenvalue weighted by atomic mass is 10.1. The zero-order valence-electron chi connectivity index (χ0n) is 11.3. The minimum absolute atomic E-state index is 0.182. The molecule has 2 N–H and O–H groups in total. The molecule has 0 spiro atoms. The number of fused-ring (bicyclic) bond motifs is 1. The third-order valence-electron chi connectivity index (χ3n) is 3.38. The van der Waals surface area contributed by atoms with Crippen molar-refractivity contribution in [1.29, 1.82) is 0 Å². The molecule has 5 heteroatoms. The zero-order chi connectivity index (χ0) is 14.1. The third-order valence-corrected chi connectivity index (χ3v) is 3.38. The van der Waals surface area contributed by atoms with Crippen molar-refractivity contribution >= 4 is 22.6 Å². The topological polar surface area (TPSA) is 70.7 Å². The van der Waals surface area contributed by atoms with Crippen LogP contribution in [0.3, 0.4) is 0 Å². The Hall–Kier alpha value is -2.69. The van der Waals surface area contributed by atoms with Crippen molar-refractivity contribution in [3.05, 3.63) is 53.3 Å². The van der Waals surface area contributed by atoms with Gasteiger partial charge in [0.2, 0.25) is 0 Å². The fraction of sp³-hybridized carbons (Fsp3) is 0.133. The van der Waals surface area contributed by atoms with Crippen molar-refractivity contribution in [3.63, 3.8) is 0 Å². The van der Waals surface area contributed by atoms with Crippen LogP contribution in [-0.2, 0) is 0 Å². The van der Waals surface area contributed by atoms with Crippen LogP contribution in [0, 0.1) is 13.8 Å². The van der Waals surface area contributed by atoms with E-state index in [9.17, 15) is 4.79 Å². The van der Waals surface area contributed by atoms with E-state index in [1.165, 1.54) is 0 Å². The molecule has 0 saturated heterocycles. The molecular weight excluding hydrogens is 252 g/mol. The number of aryl methyl sites for hydroxylation is 1. The number of nitrogens with one attached hydrogen (secondary N) is 2. The summed E-state index contributed by atoms with van der Waals surface area (Å²) in [4.78, 5) is 16.6. The molecule has 0 unspecified atom stereocenters. The number of amides is 1. The Morgan fingerprint density at radius 1 is 1.20 bits per heavy atom. The molecule has 0 saturated carbocycles. The molecule has 5 nitrogen and oxygen atoms in total. The monoisotopic (exact) mass is 266 g/mol. The summed E-state index contributed by atoms with van der Waals surface area (Å²) in [5.41, 5.74) is 3.28. The number of benzene rings is 1. The summed E-state index contributed by atoms with van der Waals surface area (Å²) >= 11 is 0. The standard InChI is InChI=1S/C15H14N4O/c1-9-10(2)18-19-14(9)17-15(20)12-5-3-7-13-11(12)6-4-8-16-13/h3-8H,1-2H3,(H2,17,18,19,20). The predicted octanol–water partition coefficient (Wildman–Crippen LogP) is 2.83. The lowest BCUT2D eigenvalue weighted by Gasteiger charge is -2.06. The van der Waals surface area contributed by atoms with Crippen LogP contribution >= 0.6 is 0 Å². The van der Waals surface area contributed by atoms with Crippen molar-refractivity contribution in [2.24, 2.45) is 0 Å². The molecule has 0 atom stereocenters. The van der Waals surface area contributed by atoms with E-state index in [1.54, 1.807) is 12.3 Å². The quantitative estimate of drug-likeness (QED) is 0.749. The number of anilines is 1. The minimum Gasteiger partial charge on any atom is -0.305 e. The summed E-state index contributed by atoms with van der Waals surface area (Å²) in [5, 5.41) is 10.6. The Balaban J connectivity index is 1.99. The summed E-state index contributed by atoms with van der Waals surface area (Å²) < 4.78 is 0. The van der Waals surface area contributed by atoms with Crippen LogP contribution in [0.4, 0.5) is 5.82 Å². The highest BCUT2D eigenvalue weighted by atomic mass is 16.1. The molecule has 2 heterocycles. The van der Waals surface area contributed by atoms with Gasteiger partial charge in [-0.3, -0.25) is 14.9 Å². The molecule has 100 valence electrons. The summed E-state index contributed by atoms with van der Waals surface area (Å²) in [6, 6.07) is 9.21. The van der Waals surface area contributed by atoms with Gasteiger partial charge < -0.3 is 5.32 Å². The fourth-order valence-corrected chi connectivity index (χ4v) is 2.08. The average Bonchev–Trinajstić information content (AvgIpc) is 2.78. The Labute approximate surface area is 116 Å². The van der Waals surface area contributed by atoms with Gasteiger partial charge in [-0.25, -0.2) is 0 Å². The van der Waals surface area contributed by atoms with Gasteiger partial charge in [-0.2, -0.15) is 5.10 Å². The molecular formula is C15H14N4O. The van der Waals surface area contributed by atoms with E-state index in [0.717, 1.165) is 22.2 Å². The summed E-state index contributed by atoms with van der Waals surface area (Å²) in [6.07, 6.45) is 1.71. The van der Waals surface area contributed by atoms with E-state index in [4.69, 9.17) is 0 Å². The highest BCUT2D eigenvalue weighted by Crippen LogP contribution is 2.19. The molecule has 20 heavy (non-hydrogen) atoms. The summed E-state index contributed by atoms with van der Waals surface area (Å²) in [5.74, 6) is 0.381. The van der Waals surface area contributed by atoms with Crippen LogP contribution in [0.5, 0.6) is 0 Å². The maximum absolute atomic E-state index is 12.4. The normalized spacial score (nSPS) is 10.7. The molecule has 1 amide bonds. The number of nitrogens with zero attached hydrogens (tertiary/aromatic N) is 2. The van der Waals surface area contributed by atoms with E-state index in [0.29, 0.717) is 11.4 Å². The molecule has 0 fully saturated rings. The van der Waals surface area contributed by atoms with Crippen LogP contribution in [0.25, 0.3) is 10.9 Å². The summed E-state index contributed by atoms with van der Waals surface area (Å²) in [7, 11) is 0. The smallest absolute Gasteiger partial charge is 0.257 e. The number of aromatic amines is 1. The maximum atomic E-state index is 12.4. The van der Waals surface area contributed by atoms with Crippen LogP contribution < -0.4 is 5.32 Å². The number of pyridine rings is 1. The molecule has 0 aliphatic heterocycles. The molecule has 0 radical (unpaired) electrons. The fourth-order valence-electron chi connectivity index (χ4n) is 2.08. The SMILES string of the molecule is Cc1[nH]nc(NC(=O)c2cccc3ncccc23)c1C. The van der Waals surface area contributed by atoms with Crippen LogP contribution in [0.2, 0.25) is 0 Å². The highest BCUT2D eigenvalue weighted by Gasteiger charge is 2.13. The van der Waals surface area contributed by atoms with E-state index >= 15 is 0 Å². The number of H-pyrrole nitrogens is 1.